The van der Waals surface area contributed by atoms with Crippen LogP contribution in [0.2, 0.25) is 5.15 Å². The van der Waals surface area contributed by atoms with Gasteiger partial charge in [0.15, 0.2) is 5.13 Å². The summed E-state index contributed by atoms with van der Waals surface area (Å²) in [7, 11) is 1.39. The van der Waals surface area contributed by atoms with Crippen molar-refractivity contribution in [2.75, 3.05) is 12.4 Å². The third-order valence-electron chi connectivity index (χ3n) is 2.69. The van der Waals surface area contributed by atoms with Gasteiger partial charge in [0.1, 0.15) is 5.15 Å². The number of halogens is 1. The molecule has 0 aliphatic carbocycles. The first-order valence-corrected chi connectivity index (χ1v) is 6.91. The average Bonchev–Trinajstić information content (AvgIpc) is 2.83. The molecule has 0 aliphatic rings. The molecule has 0 saturated carbocycles. The van der Waals surface area contributed by atoms with Crippen LogP contribution in [-0.4, -0.2) is 18.1 Å². The first-order chi connectivity index (χ1) is 9.10. The van der Waals surface area contributed by atoms with Gasteiger partial charge < -0.3 is 10.1 Å². The number of thiazole rings is 1. The minimum absolute atomic E-state index is 0.243. The highest BCUT2D eigenvalue weighted by Gasteiger charge is 2.15. The molecule has 4 nitrogen and oxygen atoms in total. The van der Waals surface area contributed by atoms with E-state index < -0.39 is 0 Å². The Morgan fingerprint density at radius 2 is 2.11 bits per heavy atom. The summed E-state index contributed by atoms with van der Waals surface area (Å²) in [6.07, 6.45) is 0. The lowest BCUT2D eigenvalue weighted by Crippen LogP contribution is -2.10. The van der Waals surface area contributed by atoms with Gasteiger partial charge in [0.25, 0.3) is 0 Å². The molecule has 0 saturated heterocycles. The average molecular weight is 297 g/mol. The number of nitrogens with one attached hydrogen (secondary N) is 1. The zero-order chi connectivity index (χ0) is 13.8. The summed E-state index contributed by atoms with van der Waals surface area (Å²) < 4.78 is 4.72. The summed E-state index contributed by atoms with van der Waals surface area (Å²) in [5, 5.41) is 6.11. The molecule has 0 bridgehead atoms. The molecular weight excluding hydrogens is 284 g/mol. The van der Waals surface area contributed by atoms with Gasteiger partial charge in [0.05, 0.1) is 13.0 Å². The van der Waals surface area contributed by atoms with E-state index in [9.17, 15) is 4.79 Å². The molecule has 0 amide bonds. The first kappa shape index (κ1) is 13.8. The number of ether oxygens (including phenoxy) is 1. The normalized spacial score (nSPS) is 11.9. The third kappa shape index (κ3) is 3.45. The van der Waals surface area contributed by atoms with Crippen LogP contribution in [0.1, 0.15) is 18.4 Å². The van der Waals surface area contributed by atoms with Crippen molar-refractivity contribution in [3.05, 3.63) is 40.4 Å². The maximum Gasteiger partial charge on any atom is 0.312 e. The number of carbonyl (C=O) groups is 1. The first-order valence-electron chi connectivity index (χ1n) is 5.66. The van der Waals surface area contributed by atoms with Crippen LogP contribution in [0.3, 0.4) is 0 Å². The molecule has 1 aromatic heterocycles. The monoisotopic (exact) mass is 296 g/mol. The maximum absolute atomic E-state index is 11.4. The van der Waals surface area contributed by atoms with Gasteiger partial charge in [0, 0.05) is 11.1 Å². The molecule has 6 heteroatoms. The third-order valence-corrected chi connectivity index (χ3v) is 3.77. The van der Waals surface area contributed by atoms with Crippen molar-refractivity contribution in [2.24, 2.45) is 0 Å². The summed E-state index contributed by atoms with van der Waals surface area (Å²) in [6.45, 7) is 1.81. The highest BCUT2D eigenvalue weighted by molar-refractivity contribution is 7.14. The van der Waals surface area contributed by atoms with E-state index in [-0.39, 0.29) is 11.9 Å². The number of esters is 1. The van der Waals surface area contributed by atoms with Crippen LogP contribution >= 0.6 is 22.9 Å². The quantitative estimate of drug-likeness (QED) is 0.872. The van der Waals surface area contributed by atoms with Crippen molar-refractivity contribution in [3.63, 3.8) is 0 Å². The second-order valence-electron chi connectivity index (χ2n) is 3.97. The van der Waals surface area contributed by atoms with Gasteiger partial charge in [-0.25, -0.2) is 4.98 Å². The fraction of sp³-hybridized carbons (Fsp3) is 0.231. The number of anilines is 2. The Morgan fingerprint density at radius 3 is 2.63 bits per heavy atom. The Bertz CT molecular complexity index is 568. The van der Waals surface area contributed by atoms with E-state index in [1.807, 2.05) is 31.2 Å². The molecule has 0 radical (unpaired) electrons. The second-order valence-corrected chi connectivity index (χ2v) is 5.21. The van der Waals surface area contributed by atoms with Crippen molar-refractivity contribution < 1.29 is 9.53 Å². The van der Waals surface area contributed by atoms with E-state index in [0.29, 0.717) is 5.15 Å². The number of hydrogen-bond acceptors (Lipinski definition) is 5. The SMILES string of the molecule is COC(=O)[C@@H](C)c1ccc(Nc2nc(Cl)cs2)cc1. The molecule has 19 heavy (non-hydrogen) atoms. The highest BCUT2D eigenvalue weighted by Crippen LogP contribution is 2.25. The molecule has 0 aliphatic heterocycles. The summed E-state index contributed by atoms with van der Waals surface area (Å²) >= 11 is 7.19. The Hall–Kier alpha value is -1.59. The lowest BCUT2D eigenvalue weighted by atomic mass is 10.0. The van der Waals surface area contributed by atoms with Gasteiger partial charge in [-0.1, -0.05) is 23.7 Å². The summed E-state index contributed by atoms with van der Waals surface area (Å²) in [5.74, 6) is -0.513. The topological polar surface area (TPSA) is 51.2 Å². The maximum atomic E-state index is 11.4. The zero-order valence-electron chi connectivity index (χ0n) is 10.5. The molecule has 1 aromatic carbocycles. The summed E-state index contributed by atoms with van der Waals surface area (Å²) in [5.41, 5.74) is 1.81. The van der Waals surface area contributed by atoms with E-state index in [2.05, 4.69) is 10.3 Å². The van der Waals surface area contributed by atoms with Gasteiger partial charge in [-0.3, -0.25) is 4.79 Å². The Labute approximate surface area is 120 Å². The fourth-order valence-corrected chi connectivity index (χ4v) is 2.46. The van der Waals surface area contributed by atoms with Crippen LogP contribution in [0.4, 0.5) is 10.8 Å². The van der Waals surface area contributed by atoms with Crippen LogP contribution in [0.25, 0.3) is 0 Å². The predicted molar refractivity (Wildman–Crippen MR) is 77.3 cm³/mol. The summed E-state index contributed by atoms with van der Waals surface area (Å²) in [4.78, 5) is 15.5. The molecule has 1 N–H and O–H groups in total. The lowest BCUT2D eigenvalue weighted by molar-refractivity contribution is -0.141. The minimum Gasteiger partial charge on any atom is -0.469 e. The number of aromatic nitrogens is 1. The molecule has 0 spiro atoms. The summed E-state index contributed by atoms with van der Waals surface area (Å²) in [6, 6.07) is 7.56. The predicted octanol–water partition coefficient (Wildman–Crippen LogP) is 3.82. The van der Waals surface area contributed by atoms with Crippen LogP contribution in [0.15, 0.2) is 29.6 Å². The van der Waals surface area contributed by atoms with E-state index in [1.54, 1.807) is 5.38 Å². The van der Waals surface area contributed by atoms with Gasteiger partial charge in [-0.15, -0.1) is 11.3 Å². The molecule has 2 aromatic rings. The molecule has 1 atom stereocenters. The highest BCUT2D eigenvalue weighted by atomic mass is 35.5. The number of benzene rings is 1. The lowest BCUT2D eigenvalue weighted by Gasteiger charge is -2.10. The Balaban J connectivity index is 2.08. The fourth-order valence-electron chi connectivity index (χ4n) is 1.60. The van der Waals surface area contributed by atoms with Crippen LogP contribution in [0.5, 0.6) is 0 Å². The second kappa shape index (κ2) is 6.04. The van der Waals surface area contributed by atoms with Crippen molar-refractivity contribution in [3.8, 4) is 0 Å². The number of hydrogen-bond donors (Lipinski definition) is 1. The minimum atomic E-state index is -0.270. The van der Waals surface area contributed by atoms with E-state index in [0.717, 1.165) is 16.4 Å². The van der Waals surface area contributed by atoms with Crippen molar-refractivity contribution in [1.82, 2.24) is 4.98 Å². The molecule has 100 valence electrons. The number of rotatable bonds is 4. The van der Waals surface area contributed by atoms with E-state index >= 15 is 0 Å². The number of methoxy groups -OCH3 is 1. The smallest absolute Gasteiger partial charge is 0.312 e. The molecule has 0 fully saturated rings. The standard InChI is InChI=1S/C13H13ClN2O2S/c1-8(12(17)18-2)9-3-5-10(6-4-9)15-13-16-11(14)7-19-13/h3-8H,1-2H3,(H,15,16)/t8-/m0/s1. The Kier molecular flexibility index (Phi) is 4.39. The van der Waals surface area contributed by atoms with Crippen molar-refractivity contribution in [1.29, 1.82) is 0 Å². The van der Waals surface area contributed by atoms with Gasteiger partial charge >= 0.3 is 5.97 Å². The van der Waals surface area contributed by atoms with Gasteiger partial charge in [-0.05, 0) is 24.6 Å². The van der Waals surface area contributed by atoms with Crippen molar-refractivity contribution in [2.45, 2.75) is 12.8 Å². The van der Waals surface area contributed by atoms with Crippen LogP contribution < -0.4 is 5.32 Å². The molecule has 0 unspecified atom stereocenters. The van der Waals surface area contributed by atoms with Gasteiger partial charge in [-0.2, -0.15) is 0 Å². The zero-order valence-corrected chi connectivity index (χ0v) is 12.1. The number of carbonyl (C=O) groups excluding carboxylic acids is 1. The van der Waals surface area contributed by atoms with Crippen LogP contribution in [0, 0.1) is 0 Å². The van der Waals surface area contributed by atoms with Crippen LogP contribution in [-0.2, 0) is 9.53 Å². The van der Waals surface area contributed by atoms with Gasteiger partial charge in [0.2, 0.25) is 0 Å². The molecule has 1 heterocycles. The molecular formula is C13H13ClN2O2S. The van der Waals surface area contributed by atoms with Crippen molar-refractivity contribution >= 4 is 39.7 Å². The van der Waals surface area contributed by atoms with E-state index in [4.69, 9.17) is 16.3 Å². The largest absolute Gasteiger partial charge is 0.469 e. The molecule has 2 rings (SSSR count). The number of nitrogens with zero attached hydrogens (tertiary/aromatic N) is 1. The Morgan fingerprint density at radius 1 is 1.42 bits per heavy atom. The van der Waals surface area contributed by atoms with E-state index in [1.165, 1.54) is 18.4 Å².